The maximum Gasteiger partial charge on any atom is 0.148 e. The molecule has 2 aromatic rings. The lowest BCUT2D eigenvalue weighted by atomic mass is 10.2. The monoisotopic (exact) mass is 234 g/mol. The van der Waals surface area contributed by atoms with Gasteiger partial charge in [-0.15, -0.1) is 11.3 Å². The third-order valence-corrected chi connectivity index (χ3v) is 3.89. The first-order chi connectivity index (χ1) is 7.75. The van der Waals surface area contributed by atoms with Crippen molar-refractivity contribution >= 4 is 22.8 Å². The van der Waals surface area contributed by atoms with Crippen molar-refractivity contribution in [1.29, 1.82) is 0 Å². The number of nitrogens with zero attached hydrogens (tertiary/aromatic N) is 2. The van der Waals surface area contributed by atoms with Gasteiger partial charge >= 0.3 is 0 Å². The first-order valence-corrected chi connectivity index (χ1v) is 6.21. The zero-order valence-electron chi connectivity index (χ0n) is 9.32. The Bertz CT molecular complexity index is 500. The minimum absolute atomic E-state index is 0.349. The van der Waals surface area contributed by atoms with Gasteiger partial charge in [-0.2, -0.15) is 5.10 Å². The summed E-state index contributed by atoms with van der Waals surface area (Å²) in [4.78, 5) is 1.36. The molecule has 0 radical (unpaired) electrons. The summed E-state index contributed by atoms with van der Waals surface area (Å²) in [6.07, 6.45) is 0. The highest BCUT2D eigenvalue weighted by atomic mass is 32.1. The number of hydrogen-bond donors (Lipinski definition) is 2. The molecule has 3 heterocycles. The second-order valence-electron chi connectivity index (χ2n) is 4.03. The Morgan fingerprint density at radius 3 is 3.19 bits per heavy atom. The van der Waals surface area contributed by atoms with Crippen LogP contribution in [0.2, 0.25) is 0 Å². The number of rotatable bonds is 1. The molecular weight excluding hydrogens is 220 g/mol. The molecule has 16 heavy (non-hydrogen) atoms. The molecule has 0 saturated carbocycles. The van der Waals surface area contributed by atoms with Crippen LogP contribution in [-0.2, 0) is 7.05 Å². The first-order valence-electron chi connectivity index (χ1n) is 5.33. The lowest BCUT2D eigenvalue weighted by molar-refractivity contribution is 0.732. The fourth-order valence-electron chi connectivity index (χ4n) is 2.12. The molecule has 1 unspecified atom stereocenters. The molecule has 1 aliphatic heterocycles. The Morgan fingerprint density at radius 2 is 2.44 bits per heavy atom. The molecule has 5 heteroatoms. The zero-order chi connectivity index (χ0) is 11.1. The smallest absolute Gasteiger partial charge is 0.148 e. The number of thiophene rings is 1. The molecule has 2 aromatic heterocycles. The van der Waals surface area contributed by atoms with Gasteiger partial charge in [0.2, 0.25) is 0 Å². The highest BCUT2D eigenvalue weighted by molar-refractivity contribution is 7.10. The van der Waals surface area contributed by atoms with Gasteiger partial charge < -0.3 is 10.6 Å². The molecule has 3 rings (SSSR count). The summed E-state index contributed by atoms with van der Waals surface area (Å²) in [5.74, 6) is 1.09. The van der Waals surface area contributed by atoms with E-state index in [9.17, 15) is 0 Å². The Morgan fingerprint density at radius 1 is 1.56 bits per heavy atom. The van der Waals surface area contributed by atoms with Crippen molar-refractivity contribution < 1.29 is 0 Å². The van der Waals surface area contributed by atoms with Crippen LogP contribution in [-0.4, -0.2) is 16.3 Å². The minimum atomic E-state index is 0.349. The molecule has 0 saturated heterocycles. The number of aryl methyl sites for hydroxylation is 2. The molecule has 1 aliphatic rings. The van der Waals surface area contributed by atoms with Gasteiger partial charge in [-0.3, -0.25) is 4.68 Å². The summed E-state index contributed by atoms with van der Waals surface area (Å²) in [5.41, 5.74) is 2.19. The maximum atomic E-state index is 4.40. The summed E-state index contributed by atoms with van der Waals surface area (Å²) in [6.45, 7) is 2.94. The molecule has 1 atom stereocenters. The second-order valence-corrected chi connectivity index (χ2v) is 5.01. The van der Waals surface area contributed by atoms with E-state index in [0.717, 1.165) is 23.7 Å². The van der Waals surface area contributed by atoms with Crippen molar-refractivity contribution in [3.8, 4) is 0 Å². The van der Waals surface area contributed by atoms with Crippen LogP contribution in [0.1, 0.15) is 16.6 Å². The highest BCUT2D eigenvalue weighted by Crippen LogP contribution is 2.34. The number of hydrogen-bond acceptors (Lipinski definition) is 4. The summed E-state index contributed by atoms with van der Waals surface area (Å²) in [7, 11) is 1.97. The van der Waals surface area contributed by atoms with E-state index in [-0.39, 0.29) is 0 Å². The summed E-state index contributed by atoms with van der Waals surface area (Å²) < 4.78 is 1.90. The van der Waals surface area contributed by atoms with Gasteiger partial charge in [0.15, 0.2) is 0 Å². The van der Waals surface area contributed by atoms with Crippen molar-refractivity contribution in [2.45, 2.75) is 13.0 Å². The fraction of sp³-hybridized carbons (Fsp3) is 0.364. The molecule has 0 amide bonds. The molecule has 84 valence electrons. The van der Waals surface area contributed by atoms with Gasteiger partial charge in [-0.1, -0.05) is 6.07 Å². The number of anilines is 2. The normalized spacial score (nSPS) is 18.8. The Balaban J connectivity index is 1.94. The van der Waals surface area contributed by atoms with Crippen molar-refractivity contribution in [3.05, 3.63) is 28.1 Å². The van der Waals surface area contributed by atoms with Crippen molar-refractivity contribution in [2.75, 3.05) is 17.2 Å². The molecule has 0 fully saturated rings. The number of nitrogens with one attached hydrogen (secondary N) is 2. The predicted octanol–water partition coefficient (Wildman–Crippen LogP) is 2.37. The molecule has 0 spiro atoms. The van der Waals surface area contributed by atoms with E-state index < -0.39 is 0 Å². The fourth-order valence-corrected chi connectivity index (χ4v) is 2.89. The Hall–Kier alpha value is -1.49. The molecule has 0 aliphatic carbocycles. The Kier molecular flexibility index (Phi) is 2.14. The largest absolute Gasteiger partial charge is 0.378 e. The average molecular weight is 234 g/mol. The molecule has 4 nitrogen and oxygen atoms in total. The molecule has 0 aromatic carbocycles. The zero-order valence-corrected chi connectivity index (χ0v) is 10.1. The van der Waals surface area contributed by atoms with E-state index >= 15 is 0 Å². The third kappa shape index (κ3) is 1.39. The SMILES string of the molecule is Cc1nn(C)c2c1NCC(c1cccs1)N2. The average Bonchev–Trinajstić information content (AvgIpc) is 2.88. The van der Waals surface area contributed by atoms with E-state index in [1.165, 1.54) is 4.88 Å². The van der Waals surface area contributed by atoms with Gasteiger partial charge in [-0.05, 0) is 18.4 Å². The van der Waals surface area contributed by atoms with E-state index in [2.05, 4.69) is 33.2 Å². The number of aromatic nitrogens is 2. The minimum Gasteiger partial charge on any atom is -0.378 e. The second kappa shape index (κ2) is 3.52. The maximum absolute atomic E-state index is 4.40. The van der Waals surface area contributed by atoms with Crippen molar-refractivity contribution in [2.24, 2.45) is 7.05 Å². The summed E-state index contributed by atoms with van der Waals surface area (Å²) in [6, 6.07) is 4.60. The summed E-state index contributed by atoms with van der Waals surface area (Å²) in [5, 5.41) is 13.5. The predicted molar refractivity (Wildman–Crippen MR) is 67.1 cm³/mol. The van der Waals surface area contributed by atoms with E-state index in [1.54, 1.807) is 11.3 Å². The van der Waals surface area contributed by atoms with Crippen LogP contribution >= 0.6 is 11.3 Å². The third-order valence-electron chi connectivity index (χ3n) is 2.90. The van der Waals surface area contributed by atoms with Crippen LogP contribution in [0.15, 0.2) is 17.5 Å². The lowest BCUT2D eigenvalue weighted by Crippen LogP contribution is -2.26. The van der Waals surface area contributed by atoms with Crippen molar-refractivity contribution in [3.63, 3.8) is 0 Å². The van der Waals surface area contributed by atoms with Crippen LogP contribution < -0.4 is 10.6 Å². The molecule has 2 N–H and O–H groups in total. The van der Waals surface area contributed by atoms with Gasteiger partial charge in [0.25, 0.3) is 0 Å². The van der Waals surface area contributed by atoms with Crippen LogP contribution in [0, 0.1) is 6.92 Å². The van der Waals surface area contributed by atoms with Crippen LogP contribution in [0.25, 0.3) is 0 Å². The van der Waals surface area contributed by atoms with Crippen LogP contribution in [0.3, 0.4) is 0 Å². The van der Waals surface area contributed by atoms with Crippen LogP contribution in [0.5, 0.6) is 0 Å². The Labute approximate surface area is 98.3 Å². The van der Waals surface area contributed by atoms with E-state index in [1.807, 2.05) is 18.7 Å². The van der Waals surface area contributed by atoms with Gasteiger partial charge in [0, 0.05) is 18.5 Å². The molecule has 0 bridgehead atoms. The van der Waals surface area contributed by atoms with E-state index in [4.69, 9.17) is 0 Å². The van der Waals surface area contributed by atoms with Gasteiger partial charge in [0.1, 0.15) is 11.5 Å². The van der Waals surface area contributed by atoms with Gasteiger partial charge in [-0.25, -0.2) is 0 Å². The topological polar surface area (TPSA) is 41.9 Å². The number of fused-ring (bicyclic) bond motifs is 1. The standard InChI is InChI=1S/C11H14N4S/c1-7-10-11(15(2)14-7)13-8(6-12-10)9-4-3-5-16-9/h3-5,8,12-13H,6H2,1-2H3. The first kappa shape index (κ1) is 9.72. The van der Waals surface area contributed by atoms with Gasteiger partial charge in [0.05, 0.1) is 11.7 Å². The highest BCUT2D eigenvalue weighted by Gasteiger charge is 2.24. The van der Waals surface area contributed by atoms with Crippen LogP contribution in [0.4, 0.5) is 11.5 Å². The van der Waals surface area contributed by atoms with E-state index in [0.29, 0.717) is 6.04 Å². The van der Waals surface area contributed by atoms with Crippen molar-refractivity contribution in [1.82, 2.24) is 9.78 Å². The quantitative estimate of drug-likeness (QED) is 0.796. The molecular formula is C11H14N4S. The lowest BCUT2D eigenvalue weighted by Gasteiger charge is -2.26. The summed E-state index contributed by atoms with van der Waals surface area (Å²) >= 11 is 1.78.